The molecular weight excluding hydrogens is 238 g/mol. The van der Waals surface area contributed by atoms with Crippen LogP contribution in [0, 0.1) is 11.8 Å². The number of pyridine rings is 1. The number of hydrogen-bond acceptors (Lipinski definition) is 3. The maximum absolute atomic E-state index is 12.2. The van der Waals surface area contributed by atoms with Crippen molar-refractivity contribution in [1.29, 1.82) is 0 Å². The molecule has 0 aliphatic carbocycles. The zero-order chi connectivity index (χ0) is 13.1. The first-order valence-corrected chi connectivity index (χ1v) is 6.89. The van der Waals surface area contributed by atoms with E-state index in [2.05, 4.69) is 10.3 Å². The number of likely N-dealkylation sites (tertiary alicyclic amines) is 1. The van der Waals surface area contributed by atoms with Crippen molar-refractivity contribution in [2.45, 2.75) is 6.42 Å². The summed E-state index contributed by atoms with van der Waals surface area (Å²) in [5, 5.41) is 3.44. The molecule has 2 fully saturated rings. The van der Waals surface area contributed by atoms with Gasteiger partial charge < -0.3 is 10.2 Å². The van der Waals surface area contributed by atoms with Gasteiger partial charge in [0.15, 0.2) is 0 Å². The quantitative estimate of drug-likeness (QED) is 0.809. The van der Waals surface area contributed by atoms with Gasteiger partial charge in [0, 0.05) is 31.6 Å². The van der Waals surface area contributed by atoms with Gasteiger partial charge in [-0.15, -0.1) is 0 Å². The highest BCUT2D eigenvalue weighted by Gasteiger charge is 2.31. The van der Waals surface area contributed by atoms with Crippen LogP contribution in [0.15, 0.2) is 30.6 Å². The summed E-state index contributed by atoms with van der Waals surface area (Å²) in [5.41, 5.74) is 0.967. The Balaban J connectivity index is 1.63. The molecule has 0 spiro atoms. The molecule has 2 aliphatic rings. The lowest BCUT2D eigenvalue weighted by atomic mass is 9.86. The summed E-state index contributed by atoms with van der Waals surface area (Å²) in [6.45, 7) is 3.87. The number of carbonyl (C=O) groups is 1. The van der Waals surface area contributed by atoms with Crippen molar-refractivity contribution >= 4 is 12.0 Å². The molecule has 2 aliphatic heterocycles. The SMILES string of the molecule is O=C(/C=C/c1cccnc1)N1C[C@@H]2CNC[C@@H](C2)C1. The van der Waals surface area contributed by atoms with E-state index < -0.39 is 0 Å². The molecule has 4 heteroatoms. The molecule has 2 atom stereocenters. The Bertz CT molecular complexity index is 460. The Labute approximate surface area is 113 Å². The van der Waals surface area contributed by atoms with Crippen molar-refractivity contribution in [3.8, 4) is 0 Å². The average Bonchev–Trinajstić information content (AvgIpc) is 2.45. The maximum Gasteiger partial charge on any atom is 0.246 e. The van der Waals surface area contributed by atoms with Gasteiger partial charge in [0.2, 0.25) is 5.91 Å². The van der Waals surface area contributed by atoms with E-state index in [1.807, 2.05) is 23.1 Å². The van der Waals surface area contributed by atoms with Crippen LogP contribution in [0.2, 0.25) is 0 Å². The van der Waals surface area contributed by atoms with Crippen molar-refractivity contribution in [1.82, 2.24) is 15.2 Å². The molecule has 1 aromatic rings. The van der Waals surface area contributed by atoms with Gasteiger partial charge in [0.25, 0.3) is 0 Å². The first-order chi connectivity index (χ1) is 9.31. The average molecular weight is 257 g/mol. The molecule has 0 aromatic carbocycles. The van der Waals surface area contributed by atoms with Crippen molar-refractivity contribution in [2.24, 2.45) is 11.8 Å². The molecular formula is C15H19N3O. The van der Waals surface area contributed by atoms with Gasteiger partial charge in [-0.3, -0.25) is 9.78 Å². The minimum atomic E-state index is 0.125. The van der Waals surface area contributed by atoms with E-state index in [0.717, 1.165) is 31.7 Å². The van der Waals surface area contributed by atoms with Crippen LogP contribution in [-0.4, -0.2) is 42.0 Å². The smallest absolute Gasteiger partial charge is 0.246 e. The topological polar surface area (TPSA) is 45.2 Å². The predicted octanol–water partition coefficient (Wildman–Crippen LogP) is 1.16. The second kappa shape index (κ2) is 5.53. The summed E-state index contributed by atoms with van der Waals surface area (Å²) < 4.78 is 0. The molecule has 3 rings (SSSR count). The van der Waals surface area contributed by atoms with Gasteiger partial charge in [-0.25, -0.2) is 0 Å². The van der Waals surface area contributed by atoms with E-state index in [9.17, 15) is 4.79 Å². The molecule has 4 nitrogen and oxygen atoms in total. The van der Waals surface area contributed by atoms with E-state index in [0.29, 0.717) is 11.8 Å². The fourth-order valence-electron chi connectivity index (χ4n) is 3.03. The van der Waals surface area contributed by atoms with Crippen LogP contribution >= 0.6 is 0 Å². The third-order valence-electron chi connectivity index (χ3n) is 3.90. The van der Waals surface area contributed by atoms with E-state index >= 15 is 0 Å². The first kappa shape index (κ1) is 12.4. The van der Waals surface area contributed by atoms with Gasteiger partial charge in [-0.2, -0.15) is 0 Å². The summed E-state index contributed by atoms with van der Waals surface area (Å²) in [5.74, 6) is 1.38. The molecule has 1 aromatic heterocycles. The molecule has 1 N–H and O–H groups in total. The fraction of sp³-hybridized carbons (Fsp3) is 0.467. The van der Waals surface area contributed by atoms with Crippen LogP contribution in [0.5, 0.6) is 0 Å². The summed E-state index contributed by atoms with van der Waals surface area (Å²) in [7, 11) is 0. The van der Waals surface area contributed by atoms with Crippen molar-refractivity contribution in [2.75, 3.05) is 26.2 Å². The molecule has 19 heavy (non-hydrogen) atoms. The molecule has 0 radical (unpaired) electrons. The Kier molecular flexibility index (Phi) is 3.60. The molecule has 1 amide bonds. The summed E-state index contributed by atoms with van der Waals surface area (Å²) in [4.78, 5) is 18.2. The van der Waals surface area contributed by atoms with Crippen LogP contribution in [0.4, 0.5) is 0 Å². The molecule has 100 valence electrons. The minimum Gasteiger partial charge on any atom is -0.339 e. The molecule has 2 saturated heterocycles. The summed E-state index contributed by atoms with van der Waals surface area (Å²) >= 11 is 0. The fourth-order valence-corrected chi connectivity index (χ4v) is 3.03. The molecule has 2 bridgehead atoms. The maximum atomic E-state index is 12.2. The van der Waals surface area contributed by atoms with Crippen molar-refractivity contribution < 1.29 is 4.79 Å². The zero-order valence-electron chi connectivity index (χ0n) is 11.0. The highest BCUT2D eigenvalue weighted by atomic mass is 16.2. The first-order valence-electron chi connectivity index (χ1n) is 6.89. The standard InChI is InChI=1S/C15H19N3O/c19-15(4-3-12-2-1-5-16-7-12)18-10-13-6-14(11-18)9-17-8-13/h1-5,7,13-14,17H,6,8-11H2/b4-3+/t13-,14+. The van der Waals surface area contributed by atoms with Crippen LogP contribution in [0.3, 0.4) is 0 Å². The Hall–Kier alpha value is -1.68. The van der Waals surface area contributed by atoms with E-state index in [-0.39, 0.29) is 5.91 Å². The number of amides is 1. The highest BCUT2D eigenvalue weighted by molar-refractivity contribution is 5.91. The van der Waals surface area contributed by atoms with Crippen LogP contribution in [-0.2, 0) is 4.79 Å². The van der Waals surface area contributed by atoms with E-state index in [1.165, 1.54) is 6.42 Å². The molecule has 0 saturated carbocycles. The Morgan fingerprint density at radius 3 is 2.84 bits per heavy atom. The number of rotatable bonds is 2. The largest absolute Gasteiger partial charge is 0.339 e. The lowest BCUT2D eigenvalue weighted by Crippen LogP contribution is -2.52. The van der Waals surface area contributed by atoms with Gasteiger partial charge in [-0.1, -0.05) is 6.07 Å². The lowest BCUT2D eigenvalue weighted by Gasteiger charge is -2.41. The summed E-state index contributed by atoms with van der Waals surface area (Å²) in [6, 6.07) is 3.83. The third kappa shape index (κ3) is 3.01. The number of hydrogen-bond donors (Lipinski definition) is 1. The number of piperidine rings is 2. The van der Waals surface area contributed by atoms with Crippen LogP contribution < -0.4 is 5.32 Å². The Morgan fingerprint density at radius 2 is 2.16 bits per heavy atom. The monoisotopic (exact) mass is 257 g/mol. The molecule has 3 heterocycles. The minimum absolute atomic E-state index is 0.125. The van der Waals surface area contributed by atoms with Crippen molar-refractivity contribution in [3.63, 3.8) is 0 Å². The lowest BCUT2D eigenvalue weighted by molar-refractivity contribution is -0.129. The van der Waals surface area contributed by atoms with Gasteiger partial charge in [0.1, 0.15) is 0 Å². The highest BCUT2D eigenvalue weighted by Crippen LogP contribution is 2.24. The number of aromatic nitrogens is 1. The van der Waals surface area contributed by atoms with Crippen LogP contribution in [0.1, 0.15) is 12.0 Å². The van der Waals surface area contributed by atoms with Gasteiger partial charge >= 0.3 is 0 Å². The number of nitrogens with zero attached hydrogens (tertiary/aromatic N) is 2. The Morgan fingerprint density at radius 1 is 1.37 bits per heavy atom. The second-order valence-electron chi connectivity index (χ2n) is 5.49. The predicted molar refractivity (Wildman–Crippen MR) is 74.3 cm³/mol. The summed E-state index contributed by atoms with van der Waals surface area (Å²) in [6.07, 6.45) is 8.28. The number of nitrogens with one attached hydrogen (secondary N) is 1. The normalized spacial score (nSPS) is 26.6. The second-order valence-corrected chi connectivity index (χ2v) is 5.49. The van der Waals surface area contributed by atoms with Crippen molar-refractivity contribution in [3.05, 3.63) is 36.2 Å². The van der Waals surface area contributed by atoms with E-state index in [4.69, 9.17) is 0 Å². The zero-order valence-corrected chi connectivity index (χ0v) is 11.0. The number of fused-ring (bicyclic) bond motifs is 2. The van der Waals surface area contributed by atoms with Gasteiger partial charge in [-0.05, 0) is 49.1 Å². The van der Waals surface area contributed by atoms with E-state index in [1.54, 1.807) is 18.5 Å². The third-order valence-corrected chi connectivity index (χ3v) is 3.90. The molecule has 0 unspecified atom stereocenters. The number of carbonyl (C=O) groups excluding carboxylic acids is 1. The van der Waals surface area contributed by atoms with Gasteiger partial charge in [0.05, 0.1) is 0 Å². The van der Waals surface area contributed by atoms with Crippen LogP contribution in [0.25, 0.3) is 6.08 Å².